The van der Waals surface area contributed by atoms with Gasteiger partial charge >= 0.3 is 0 Å². The number of carbonyl (C=O) groups is 2. The van der Waals surface area contributed by atoms with E-state index < -0.39 is 0 Å². The first-order chi connectivity index (χ1) is 10.5. The lowest BCUT2D eigenvalue weighted by atomic mass is 9.94. The first kappa shape index (κ1) is 17.0. The molecule has 0 bridgehead atoms. The van der Waals surface area contributed by atoms with Crippen LogP contribution >= 0.6 is 11.3 Å². The lowest BCUT2D eigenvalue weighted by Crippen LogP contribution is -2.45. The summed E-state index contributed by atoms with van der Waals surface area (Å²) in [4.78, 5) is 29.8. The van der Waals surface area contributed by atoms with E-state index in [2.05, 4.69) is 6.07 Å². The van der Waals surface area contributed by atoms with Gasteiger partial charge in [-0.05, 0) is 31.2 Å². The van der Waals surface area contributed by atoms with Crippen molar-refractivity contribution in [2.24, 2.45) is 11.8 Å². The first-order valence-corrected chi connectivity index (χ1v) is 9.00. The molecule has 1 fully saturated rings. The van der Waals surface area contributed by atoms with E-state index in [1.54, 1.807) is 11.3 Å². The molecule has 0 radical (unpaired) electrons. The van der Waals surface area contributed by atoms with Gasteiger partial charge in [0.15, 0.2) is 0 Å². The fourth-order valence-corrected chi connectivity index (χ4v) is 3.63. The van der Waals surface area contributed by atoms with Gasteiger partial charge in [-0.25, -0.2) is 0 Å². The highest BCUT2D eigenvalue weighted by atomic mass is 32.1. The van der Waals surface area contributed by atoms with E-state index in [4.69, 9.17) is 0 Å². The Hall–Kier alpha value is -1.36. The van der Waals surface area contributed by atoms with Crippen molar-refractivity contribution in [1.82, 2.24) is 9.80 Å². The van der Waals surface area contributed by atoms with E-state index in [-0.39, 0.29) is 23.7 Å². The molecule has 1 aromatic heterocycles. The Balaban J connectivity index is 1.89. The smallest absolute Gasteiger partial charge is 0.226 e. The highest BCUT2D eigenvalue weighted by Crippen LogP contribution is 2.22. The van der Waals surface area contributed by atoms with E-state index in [1.807, 2.05) is 42.0 Å². The molecule has 1 aliphatic heterocycles. The van der Waals surface area contributed by atoms with Crippen LogP contribution in [0.25, 0.3) is 0 Å². The average molecular weight is 322 g/mol. The molecule has 0 unspecified atom stereocenters. The molecule has 2 amide bonds. The van der Waals surface area contributed by atoms with Gasteiger partial charge in [0.2, 0.25) is 11.8 Å². The molecule has 0 aromatic carbocycles. The minimum Gasteiger partial charge on any atom is -0.342 e. The predicted octanol–water partition coefficient (Wildman–Crippen LogP) is 2.99. The number of hydrogen-bond acceptors (Lipinski definition) is 3. The van der Waals surface area contributed by atoms with Crippen molar-refractivity contribution in [2.45, 2.75) is 40.2 Å². The van der Waals surface area contributed by atoms with Gasteiger partial charge in [0.1, 0.15) is 0 Å². The van der Waals surface area contributed by atoms with Crippen LogP contribution in [-0.2, 0) is 16.1 Å². The summed E-state index contributed by atoms with van der Waals surface area (Å²) >= 11 is 1.69. The zero-order valence-electron chi connectivity index (χ0n) is 13.7. The van der Waals surface area contributed by atoms with Gasteiger partial charge in [-0.1, -0.05) is 19.9 Å². The van der Waals surface area contributed by atoms with Gasteiger partial charge < -0.3 is 9.80 Å². The van der Waals surface area contributed by atoms with Crippen LogP contribution in [0.3, 0.4) is 0 Å². The zero-order valence-corrected chi connectivity index (χ0v) is 14.6. The Morgan fingerprint density at radius 2 is 2.05 bits per heavy atom. The standard InChI is InChI=1S/C17H26N2O2S/c1-4-18(12-15-6-5-11-22-15)17(21)14-7-9-19(10-8-14)16(20)13(2)3/h5-6,11,13-14H,4,7-10,12H2,1-3H3. The SMILES string of the molecule is CCN(Cc1cccs1)C(=O)C1CCN(C(=O)C(C)C)CC1. The molecule has 5 heteroatoms. The summed E-state index contributed by atoms with van der Waals surface area (Å²) in [6, 6.07) is 4.10. The Morgan fingerprint density at radius 1 is 1.36 bits per heavy atom. The van der Waals surface area contributed by atoms with Gasteiger partial charge in [0.25, 0.3) is 0 Å². The molecule has 0 saturated carbocycles. The largest absolute Gasteiger partial charge is 0.342 e. The monoisotopic (exact) mass is 322 g/mol. The summed E-state index contributed by atoms with van der Waals surface area (Å²) in [7, 11) is 0. The lowest BCUT2D eigenvalue weighted by molar-refractivity contribution is -0.142. The lowest BCUT2D eigenvalue weighted by Gasteiger charge is -2.34. The van der Waals surface area contributed by atoms with Crippen LogP contribution in [0.4, 0.5) is 0 Å². The van der Waals surface area contributed by atoms with Crippen LogP contribution in [0.1, 0.15) is 38.5 Å². The minimum absolute atomic E-state index is 0.0400. The highest BCUT2D eigenvalue weighted by Gasteiger charge is 2.30. The number of rotatable bonds is 5. The summed E-state index contributed by atoms with van der Waals surface area (Å²) in [6.07, 6.45) is 1.58. The van der Waals surface area contributed by atoms with Crippen LogP contribution in [0.5, 0.6) is 0 Å². The van der Waals surface area contributed by atoms with Crippen molar-refractivity contribution >= 4 is 23.2 Å². The Morgan fingerprint density at radius 3 is 2.55 bits per heavy atom. The molecule has 4 nitrogen and oxygen atoms in total. The number of carbonyl (C=O) groups excluding carboxylic acids is 2. The molecule has 1 aromatic rings. The fraction of sp³-hybridized carbons (Fsp3) is 0.647. The minimum atomic E-state index is 0.0400. The van der Waals surface area contributed by atoms with Crippen LogP contribution < -0.4 is 0 Å². The molecule has 0 aliphatic carbocycles. The van der Waals surface area contributed by atoms with Crippen molar-refractivity contribution in [3.8, 4) is 0 Å². The third kappa shape index (κ3) is 4.09. The average Bonchev–Trinajstić information content (AvgIpc) is 3.04. The molecule has 22 heavy (non-hydrogen) atoms. The second-order valence-corrected chi connectivity index (χ2v) is 7.22. The summed E-state index contributed by atoms with van der Waals surface area (Å²) < 4.78 is 0. The van der Waals surface area contributed by atoms with Gasteiger partial charge in [0, 0.05) is 36.3 Å². The number of thiophene rings is 1. The first-order valence-electron chi connectivity index (χ1n) is 8.12. The van der Waals surface area contributed by atoms with Crippen molar-refractivity contribution in [1.29, 1.82) is 0 Å². The normalized spacial score (nSPS) is 16.1. The van der Waals surface area contributed by atoms with Gasteiger partial charge in [-0.2, -0.15) is 0 Å². The molecule has 0 spiro atoms. The number of amides is 2. The second kappa shape index (κ2) is 7.77. The number of likely N-dealkylation sites (tertiary alicyclic amines) is 1. The molecule has 0 atom stereocenters. The maximum Gasteiger partial charge on any atom is 0.226 e. The van der Waals surface area contributed by atoms with Crippen molar-refractivity contribution in [2.75, 3.05) is 19.6 Å². The maximum atomic E-state index is 12.7. The fourth-order valence-electron chi connectivity index (χ4n) is 2.91. The molecular weight excluding hydrogens is 296 g/mol. The van der Waals surface area contributed by atoms with E-state index in [0.717, 1.165) is 19.4 Å². The third-order valence-corrected chi connectivity index (χ3v) is 5.13. The van der Waals surface area contributed by atoms with Crippen LogP contribution in [-0.4, -0.2) is 41.2 Å². The second-order valence-electron chi connectivity index (χ2n) is 6.19. The Kier molecular flexibility index (Phi) is 6.00. The molecular formula is C17H26N2O2S. The Labute approximate surface area is 137 Å². The van der Waals surface area contributed by atoms with Crippen LogP contribution in [0, 0.1) is 11.8 Å². The van der Waals surface area contributed by atoms with Crippen molar-refractivity contribution in [3.63, 3.8) is 0 Å². The van der Waals surface area contributed by atoms with E-state index >= 15 is 0 Å². The molecule has 2 heterocycles. The molecule has 122 valence electrons. The topological polar surface area (TPSA) is 40.6 Å². The summed E-state index contributed by atoms with van der Waals surface area (Å²) in [5, 5.41) is 2.05. The molecule has 1 saturated heterocycles. The summed E-state index contributed by atoms with van der Waals surface area (Å²) in [5.74, 6) is 0.554. The summed E-state index contributed by atoms with van der Waals surface area (Å²) in [5.41, 5.74) is 0. The van der Waals surface area contributed by atoms with Gasteiger partial charge in [-0.15, -0.1) is 11.3 Å². The Bertz CT molecular complexity index is 491. The maximum absolute atomic E-state index is 12.7. The quantitative estimate of drug-likeness (QED) is 0.836. The zero-order chi connectivity index (χ0) is 16.1. The van der Waals surface area contributed by atoms with Crippen LogP contribution in [0.2, 0.25) is 0 Å². The molecule has 1 aliphatic rings. The predicted molar refractivity (Wildman–Crippen MR) is 89.6 cm³/mol. The van der Waals surface area contributed by atoms with Gasteiger partial charge in [0.05, 0.1) is 6.54 Å². The highest BCUT2D eigenvalue weighted by molar-refractivity contribution is 7.09. The van der Waals surface area contributed by atoms with E-state index in [1.165, 1.54) is 4.88 Å². The number of nitrogens with zero attached hydrogens (tertiary/aromatic N) is 2. The van der Waals surface area contributed by atoms with Crippen molar-refractivity contribution in [3.05, 3.63) is 22.4 Å². The number of hydrogen-bond donors (Lipinski definition) is 0. The van der Waals surface area contributed by atoms with Crippen molar-refractivity contribution < 1.29 is 9.59 Å². The van der Waals surface area contributed by atoms with Crippen LogP contribution in [0.15, 0.2) is 17.5 Å². The number of piperidine rings is 1. The van der Waals surface area contributed by atoms with E-state index in [0.29, 0.717) is 19.6 Å². The molecule has 0 N–H and O–H groups in total. The van der Waals surface area contributed by atoms with E-state index in [9.17, 15) is 9.59 Å². The van der Waals surface area contributed by atoms with Gasteiger partial charge in [-0.3, -0.25) is 9.59 Å². The summed E-state index contributed by atoms with van der Waals surface area (Å²) in [6.45, 7) is 8.76. The molecule has 2 rings (SSSR count). The third-order valence-electron chi connectivity index (χ3n) is 4.27.